The Kier molecular flexibility index (Phi) is 6.80. The van der Waals surface area contributed by atoms with Crippen LogP contribution in [0.4, 0.5) is 0 Å². The highest BCUT2D eigenvalue weighted by Crippen LogP contribution is 2.20. The van der Waals surface area contributed by atoms with Crippen LogP contribution in [-0.2, 0) is 22.5 Å². The van der Waals surface area contributed by atoms with E-state index in [1.807, 2.05) is 6.07 Å². The van der Waals surface area contributed by atoms with Crippen molar-refractivity contribution < 1.29 is 9.53 Å². The number of carbonyl (C=O) groups is 1. The van der Waals surface area contributed by atoms with Crippen LogP contribution in [0.5, 0.6) is 0 Å². The number of imidazole rings is 1. The average molecular weight is 406 g/mol. The third kappa shape index (κ3) is 5.08. The van der Waals surface area contributed by atoms with E-state index in [2.05, 4.69) is 59.3 Å². The first-order chi connectivity index (χ1) is 14.7. The Morgan fingerprint density at radius 3 is 2.90 bits per heavy atom. The molecule has 1 aliphatic heterocycles. The number of amides is 1. The number of hydrogen-bond donors (Lipinski definition) is 1. The molecule has 2 aromatic carbocycles. The van der Waals surface area contributed by atoms with Crippen molar-refractivity contribution in [3.63, 3.8) is 0 Å². The number of nitrogens with zero attached hydrogens (tertiary/aromatic N) is 2. The molecule has 4 rings (SSSR count). The Hall–Kier alpha value is -2.66. The SMILES string of the molecule is Cc1cccc(Cn2c(CCCCCNC(=O)C3CCCO3)nc3ccccc32)c1. The zero-order chi connectivity index (χ0) is 20.8. The highest BCUT2D eigenvalue weighted by molar-refractivity contribution is 5.80. The van der Waals surface area contributed by atoms with Gasteiger partial charge in [-0.2, -0.15) is 0 Å². The van der Waals surface area contributed by atoms with Gasteiger partial charge in [0.1, 0.15) is 11.9 Å². The monoisotopic (exact) mass is 405 g/mol. The summed E-state index contributed by atoms with van der Waals surface area (Å²) in [6, 6.07) is 17.1. The Morgan fingerprint density at radius 2 is 2.07 bits per heavy atom. The van der Waals surface area contributed by atoms with Crippen molar-refractivity contribution in [1.29, 1.82) is 0 Å². The predicted octanol–water partition coefficient (Wildman–Crippen LogP) is 4.40. The molecule has 1 amide bonds. The molecular weight excluding hydrogens is 374 g/mol. The van der Waals surface area contributed by atoms with Crippen LogP contribution in [0.1, 0.15) is 49.1 Å². The first-order valence-corrected chi connectivity index (χ1v) is 11.1. The van der Waals surface area contributed by atoms with E-state index in [9.17, 15) is 4.79 Å². The topological polar surface area (TPSA) is 56.2 Å². The third-order valence-electron chi connectivity index (χ3n) is 5.76. The molecule has 0 bridgehead atoms. The number of benzene rings is 2. The molecule has 1 fully saturated rings. The highest BCUT2D eigenvalue weighted by Gasteiger charge is 2.22. The number of aromatic nitrogens is 2. The molecule has 1 unspecified atom stereocenters. The lowest BCUT2D eigenvalue weighted by atomic mass is 10.1. The maximum absolute atomic E-state index is 12.0. The molecule has 1 saturated heterocycles. The fraction of sp³-hybridized carbons (Fsp3) is 0.440. The molecule has 1 aromatic heterocycles. The van der Waals surface area contributed by atoms with Crippen molar-refractivity contribution in [1.82, 2.24) is 14.9 Å². The number of hydrogen-bond acceptors (Lipinski definition) is 3. The highest BCUT2D eigenvalue weighted by atomic mass is 16.5. The quantitative estimate of drug-likeness (QED) is 0.537. The Labute approximate surface area is 178 Å². The minimum atomic E-state index is -0.230. The lowest BCUT2D eigenvalue weighted by Crippen LogP contribution is -2.34. The number of para-hydroxylation sites is 2. The molecule has 1 atom stereocenters. The second-order valence-electron chi connectivity index (χ2n) is 8.20. The van der Waals surface area contributed by atoms with E-state index in [-0.39, 0.29) is 12.0 Å². The van der Waals surface area contributed by atoms with E-state index in [0.29, 0.717) is 6.61 Å². The largest absolute Gasteiger partial charge is 0.368 e. The van der Waals surface area contributed by atoms with Crippen molar-refractivity contribution in [3.05, 3.63) is 65.5 Å². The second kappa shape index (κ2) is 9.90. The lowest BCUT2D eigenvalue weighted by Gasteiger charge is -2.11. The molecule has 5 nitrogen and oxygen atoms in total. The van der Waals surface area contributed by atoms with Crippen molar-refractivity contribution in [2.24, 2.45) is 0 Å². The van der Waals surface area contributed by atoms with Gasteiger partial charge in [0, 0.05) is 26.1 Å². The van der Waals surface area contributed by atoms with E-state index in [1.54, 1.807) is 0 Å². The summed E-state index contributed by atoms with van der Waals surface area (Å²) in [6.07, 6.45) is 5.67. The molecule has 0 radical (unpaired) electrons. The number of fused-ring (bicyclic) bond motifs is 1. The van der Waals surface area contributed by atoms with Gasteiger partial charge in [0.05, 0.1) is 11.0 Å². The molecular formula is C25H31N3O2. The van der Waals surface area contributed by atoms with Crippen LogP contribution in [0.2, 0.25) is 0 Å². The number of nitrogens with one attached hydrogen (secondary N) is 1. The fourth-order valence-electron chi connectivity index (χ4n) is 4.18. The Balaban J connectivity index is 1.32. The molecule has 30 heavy (non-hydrogen) atoms. The van der Waals surface area contributed by atoms with Crippen LogP contribution >= 0.6 is 0 Å². The van der Waals surface area contributed by atoms with Gasteiger partial charge in [-0.3, -0.25) is 4.79 Å². The van der Waals surface area contributed by atoms with Crippen molar-refractivity contribution in [2.45, 2.75) is 58.1 Å². The van der Waals surface area contributed by atoms with E-state index in [0.717, 1.165) is 63.0 Å². The first-order valence-electron chi connectivity index (χ1n) is 11.1. The van der Waals surface area contributed by atoms with Crippen LogP contribution in [0, 0.1) is 6.92 Å². The van der Waals surface area contributed by atoms with Gasteiger partial charge in [0.25, 0.3) is 0 Å². The fourth-order valence-corrected chi connectivity index (χ4v) is 4.18. The molecule has 0 spiro atoms. The lowest BCUT2D eigenvalue weighted by molar-refractivity contribution is -0.130. The molecule has 0 saturated carbocycles. The summed E-state index contributed by atoms with van der Waals surface area (Å²) >= 11 is 0. The third-order valence-corrected chi connectivity index (χ3v) is 5.76. The molecule has 0 aliphatic carbocycles. The maximum Gasteiger partial charge on any atom is 0.249 e. The molecule has 1 aliphatic rings. The minimum absolute atomic E-state index is 0.0486. The van der Waals surface area contributed by atoms with Gasteiger partial charge in [0.15, 0.2) is 0 Å². The van der Waals surface area contributed by atoms with Crippen LogP contribution < -0.4 is 5.32 Å². The zero-order valence-corrected chi connectivity index (χ0v) is 17.8. The summed E-state index contributed by atoms with van der Waals surface area (Å²) in [5.41, 5.74) is 4.83. The van der Waals surface area contributed by atoms with Crippen LogP contribution in [0.15, 0.2) is 48.5 Å². The van der Waals surface area contributed by atoms with E-state index < -0.39 is 0 Å². The summed E-state index contributed by atoms with van der Waals surface area (Å²) in [5.74, 6) is 1.19. The standard InChI is InChI=1S/C25H31N3O2/c1-19-9-7-10-20(17-19)18-28-22-12-5-4-11-21(22)27-24(28)14-3-2-6-15-26-25(29)23-13-8-16-30-23/h4-5,7,9-12,17,23H,2-3,6,8,13-16,18H2,1H3,(H,26,29). The zero-order valence-electron chi connectivity index (χ0n) is 17.8. The van der Waals surface area contributed by atoms with Gasteiger partial charge >= 0.3 is 0 Å². The van der Waals surface area contributed by atoms with Gasteiger partial charge < -0.3 is 14.6 Å². The van der Waals surface area contributed by atoms with Gasteiger partial charge in [-0.15, -0.1) is 0 Å². The van der Waals surface area contributed by atoms with E-state index >= 15 is 0 Å². The van der Waals surface area contributed by atoms with Gasteiger partial charge in [-0.25, -0.2) is 4.98 Å². The number of aryl methyl sites for hydroxylation is 2. The van der Waals surface area contributed by atoms with Crippen LogP contribution in [-0.4, -0.2) is 34.7 Å². The Bertz CT molecular complexity index is 989. The minimum Gasteiger partial charge on any atom is -0.368 e. The number of carbonyl (C=O) groups excluding carboxylic acids is 1. The van der Waals surface area contributed by atoms with E-state index in [4.69, 9.17) is 9.72 Å². The maximum atomic E-state index is 12.0. The predicted molar refractivity (Wildman–Crippen MR) is 120 cm³/mol. The van der Waals surface area contributed by atoms with Crippen molar-refractivity contribution in [3.8, 4) is 0 Å². The first kappa shape index (κ1) is 20.6. The van der Waals surface area contributed by atoms with Gasteiger partial charge in [-0.05, 0) is 50.3 Å². The van der Waals surface area contributed by atoms with E-state index in [1.165, 1.54) is 16.6 Å². The van der Waals surface area contributed by atoms with Crippen molar-refractivity contribution in [2.75, 3.05) is 13.2 Å². The summed E-state index contributed by atoms with van der Waals surface area (Å²) in [5, 5.41) is 3.01. The molecule has 158 valence electrons. The van der Waals surface area contributed by atoms with Gasteiger partial charge in [0.2, 0.25) is 5.91 Å². The second-order valence-corrected chi connectivity index (χ2v) is 8.20. The van der Waals surface area contributed by atoms with Crippen LogP contribution in [0.3, 0.4) is 0 Å². The van der Waals surface area contributed by atoms with Crippen LogP contribution in [0.25, 0.3) is 11.0 Å². The number of ether oxygens (including phenoxy) is 1. The summed E-state index contributed by atoms with van der Waals surface area (Å²) in [7, 11) is 0. The molecule has 5 heteroatoms. The number of unbranched alkanes of at least 4 members (excludes halogenated alkanes) is 2. The molecule has 3 aromatic rings. The summed E-state index contributed by atoms with van der Waals surface area (Å²) < 4.78 is 7.78. The number of rotatable bonds is 9. The normalized spacial score (nSPS) is 16.2. The summed E-state index contributed by atoms with van der Waals surface area (Å²) in [6.45, 7) is 4.41. The average Bonchev–Trinajstić information content (AvgIpc) is 3.40. The van der Waals surface area contributed by atoms with Crippen molar-refractivity contribution >= 4 is 16.9 Å². The molecule has 1 N–H and O–H groups in total. The smallest absolute Gasteiger partial charge is 0.249 e. The van der Waals surface area contributed by atoms with Gasteiger partial charge in [-0.1, -0.05) is 48.4 Å². The Morgan fingerprint density at radius 1 is 1.17 bits per heavy atom. The molecule has 2 heterocycles. The summed E-state index contributed by atoms with van der Waals surface area (Å²) in [4.78, 5) is 16.9.